The number of benzene rings is 1. The van der Waals surface area contributed by atoms with Crippen molar-refractivity contribution in [2.45, 2.75) is 32.1 Å². The number of rotatable bonds is 1. The first-order valence-electron chi connectivity index (χ1n) is 5.16. The highest BCUT2D eigenvalue weighted by molar-refractivity contribution is 5.38. The molecule has 0 N–H and O–H groups in total. The summed E-state index contributed by atoms with van der Waals surface area (Å²) in [7, 11) is 0. The summed E-state index contributed by atoms with van der Waals surface area (Å²) < 4.78 is 26.2. The van der Waals surface area contributed by atoms with Crippen LogP contribution in [0.25, 0.3) is 0 Å². The summed E-state index contributed by atoms with van der Waals surface area (Å²) in [6.07, 6.45) is 4.06. The van der Waals surface area contributed by atoms with E-state index in [2.05, 4.69) is 6.08 Å². The maximum absolute atomic E-state index is 13.1. The van der Waals surface area contributed by atoms with E-state index in [0.29, 0.717) is 0 Å². The molecule has 0 nitrogen and oxygen atoms in total. The third kappa shape index (κ3) is 1.69. The number of allylic oxidation sites excluding steroid dienone is 2. The predicted molar refractivity (Wildman–Crippen MR) is 56.7 cm³/mol. The van der Waals surface area contributed by atoms with Crippen molar-refractivity contribution in [3.63, 3.8) is 0 Å². The largest absolute Gasteiger partial charge is 0.207 e. The second-order valence-electron chi connectivity index (χ2n) is 4.42. The van der Waals surface area contributed by atoms with Gasteiger partial charge in [-0.2, -0.15) is 0 Å². The first-order chi connectivity index (χ1) is 7.02. The van der Waals surface area contributed by atoms with Crippen molar-refractivity contribution in [2.75, 3.05) is 0 Å². The first-order valence-corrected chi connectivity index (χ1v) is 5.16. The summed E-state index contributed by atoms with van der Waals surface area (Å²) in [5, 5.41) is 0. The Morgan fingerprint density at radius 1 is 1.13 bits per heavy atom. The number of hydrogen-bond acceptors (Lipinski definition) is 0. The maximum atomic E-state index is 13.1. The second kappa shape index (κ2) is 3.44. The quantitative estimate of drug-likeness (QED) is 0.613. The van der Waals surface area contributed by atoms with E-state index in [-0.39, 0.29) is 5.41 Å². The van der Waals surface area contributed by atoms with Crippen LogP contribution in [0.15, 0.2) is 29.8 Å². The maximum Gasteiger partial charge on any atom is 0.126 e. The van der Waals surface area contributed by atoms with Crippen LogP contribution in [0.4, 0.5) is 8.78 Å². The second-order valence-corrected chi connectivity index (χ2v) is 4.42. The van der Waals surface area contributed by atoms with Gasteiger partial charge in [0.15, 0.2) is 0 Å². The van der Waals surface area contributed by atoms with E-state index < -0.39 is 11.6 Å². The van der Waals surface area contributed by atoms with E-state index >= 15 is 0 Å². The average molecular weight is 208 g/mol. The van der Waals surface area contributed by atoms with Crippen molar-refractivity contribution in [1.82, 2.24) is 0 Å². The molecular formula is C13H14F2. The number of halogens is 2. The highest BCUT2D eigenvalue weighted by atomic mass is 19.1. The molecule has 0 bridgehead atoms. The molecule has 15 heavy (non-hydrogen) atoms. The Bertz CT molecular complexity index is 400. The molecule has 0 amide bonds. The molecule has 0 fully saturated rings. The van der Waals surface area contributed by atoms with Crippen LogP contribution in [0.1, 0.15) is 32.3 Å². The third-order valence-electron chi connectivity index (χ3n) is 3.46. The van der Waals surface area contributed by atoms with Crippen molar-refractivity contribution in [3.05, 3.63) is 47.0 Å². The Kier molecular flexibility index (Phi) is 2.37. The third-order valence-corrected chi connectivity index (χ3v) is 3.46. The summed E-state index contributed by atoms with van der Waals surface area (Å²) in [6.45, 7) is 4.07. The Morgan fingerprint density at radius 3 is 2.20 bits per heavy atom. The minimum absolute atomic E-state index is 0.192. The summed E-state index contributed by atoms with van der Waals surface area (Å²) in [6, 6.07) is 3.79. The van der Waals surface area contributed by atoms with Gasteiger partial charge >= 0.3 is 0 Å². The topological polar surface area (TPSA) is 0 Å². The lowest BCUT2D eigenvalue weighted by Gasteiger charge is -2.27. The van der Waals surface area contributed by atoms with Crippen molar-refractivity contribution in [3.8, 4) is 0 Å². The lowest BCUT2D eigenvalue weighted by atomic mass is 9.77. The van der Waals surface area contributed by atoms with Crippen molar-refractivity contribution in [1.29, 1.82) is 0 Å². The van der Waals surface area contributed by atoms with Crippen LogP contribution in [0.3, 0.4) is 0 Å². The summed E-state index contributed by atoms with van der Waals surface area (Å²) >= 11 is 0. The van der Waals surface area contributed by atoms with E-state index in [1.807, 2.05) is 13.8 Å². The highest BCUT2D eigenvalue weighted by Crippen LogP contribution is 2.41. The van der Waals surface area contributed by atoms with Crippen LogP contribution in [0.2, 0.25) is 0 Å². The van der Waals surface area contributed by atoms with Gasteiger partial charge in [0.2, 0.25) is 0 Å². The van der Waals surface area contributed by atoms with Crippen LogP contribution in [0.5, 0.6) is 0 Å². The molecule has 0 aromatic heterocycles. The molecule has 1 aromatic rings. The molecule has 1 aliphatic rings. The molecule has 1 aliphatic carbocycles. The average Bonchev–Trinajstić information content (AvgIpc) is 2.47. The smallest absolute Gasteiger partial charge is 0.126 e. The van der Waals surface area contributed by atoms with Gasteiger partial charge in [-0.05, 0) is 37.5 Å². The van der Waals surface area contributed by atoms with Gasteiger partial charge in [-0.15, -0.1) is 0 Å². The lowest BCUT2D eigenvalue weighted by Crippen LogP contribution is -2.20. The molecule has 80 valence electrons. The van der Waals surface area contributed by atoms with Gasteiger partial charge in [0.25, 0.3) is 0 Å². The van der Waals surface area contributed by atoms with Crippen LogP contribution in [-0.4, -0.2) is 0 Å². The summed E-state index contributed by atoms with van der Waals surface area (Å²) in [5.41, 5.74) is 1.75. The van der Waals surface area contributed by atoms with Gasteiger partial charge < -0.3 is 0 Å². The minimum atomic E-state index is -0.495. The highest BCUT2D eigenvalue weighted by Gasteiger charge is 2.32. The molecule has 0 saturated carbocycles. The Hall–Kier alpha value is -1.18. The molecule has 0 radical (unpaired) electrons. The number of hydrogen-bond donors (Lipinski definition) is 0. The van der Waals surface area contributed by atoms with Gasteiger partial charge in [-0.3, -0.25) is 0 Å². The molecule has 0 unspecified atom stereocenters. The zero-order valence-electron chi connectivity index (χ0n) is 8.98. The Labute approximate surface area is 88.6 Å². The minimum Gasteiger partial charge on any atom is -0.207 e. The Balaban J connectivity index is 2.49. The predicted octanol–water partition coefficient (Wildman–Crippen LogP) is 3.96. The van der Waals surface area contributed by atoms with Crippen LogP contribution >= 0.6 is 0 Å². The van der Waals surface area contributed by atoms with Crippen LogP contribution in [0, 0.1) is 11.6 Å². The molecule has 0 saturated heterocycles. The normalized spacial score (nSPS) is 25.5. The fraction of sp³-hybridized carbons (Fsp3) is 0.385. The van der Waals surface area contributed by atoms with E-state index in [4.69, 9.17) is 0 Å². The molecule has 1 atom stereocenters. The van der Waals surface area contributed by atoms with Crippen LogP contribution in [-0.2, 0) is 5.41 Å². The van der Waals surface area contributed by atoms with Crippen molar-refractivity contribution >= 4 is 0 Å². The standard InChI is InChI=1S/C13H14F2/c1-9-4-3-5-13(9,2)10-6-11(14)8-12(15)7-10/h4,6-8H,3,5H2,1-2H3/t13-/m1/s1. The summed E-state index contributed by atoms with van der Waals surface area (Å²) in [4.78, 5) is 0. The molecule has 2 rings (SSSR count). The molecule has 0 heterocycles. The van der Waals surface area contributed by atoms with E-state index in [1.165, 1.54) is 17.7 Å². The van der Waals surface area contributed by atoms with E-state index in [9.17, 15) is 8.78 Å². The fourth-order valence-corrected chi connectivity index (χ4v) is 2.24. The van der Waals surface area contributed by atoms with E-state index in [1.54, 1.807) is 0 Å². The lowest BCUT2D eigenvalue weighted by molar-refractivity contribution is 0.525. The zero-order valence-corrected chi connectivity index (χ0v) is 8.98. The van der Waals surface area contributed by atoms with Gasteiger partial charge in [0.1, 0.15) is 11.6 Å². The Morgan fingerprint density at radius 2 is 1.73 bits per heavy atom. The van der Waals surface area contributed by atoms with Crippen LogP contribution < -0.4 is 0 Å². The van der Waals surface area contributed by atoms with Gasteiger partial charge in [-0.25, -0.2) is 8.78 Å². The van der Waals surface area contributed by atoms with Crippen molar-refractivity contribution < 1.29 is 8.78 Å². The molecule has 0 spiro atoms. The molecule has 2 heteroatoms. The van der Waals surface area contributed by atoms with Crippen molar-refractivity contribution in [2.24, 2.45) is 0 Å². The van der Waals surface area contributed by atoms with E-state index in [0.717, 1.165) is 24.5 Å². The molecule has 1 aromatic carbocycles. The molecular weight excluding hydrogens is 194 g/mol. The molecule has 0 aliphatic heterocycles. The SMILES string of the molecule is CC1=CCC[C@@]1(C)c1cc(F)cc(F)c1. The summed E-state index contributed by atoms with van der Waals surface area (Å²) in [5.74, 6) is -0.989. The monoisotopic (exact) mass is 208 g/mol. The first kappa shape index (κ1) is 10.3. The van der Waals surface area contributed by atoms with Gasteiger partial charge in [0, 0.05) is 11.5 Å². The fourth-order valence-electron chi connectivity index (χ4n) is 2.24. The van der Waals surface area contributed by atoms with Gasteiger partial charge in [0.05, 0.1) is 0 Å². The zero-order chi connectivity index (χ0) is 11.1. The van der Waals surface area contributed by atoms with Gasteiger partial charge in [-0.1, -0.05) is 18.6 Å².